The van der Waals surface area contributed by atoms with Crippen molar-refractivity contribution in [1.82, 2.24) is 19.7 Å². The first-order valence-corrected chi connectivity index (χ1v) is 9.28. The van der Waals surface area contributed by atoms with E-state index >= 15 is 0 Å². The van der Waals surface area contributed by atoms with E-state index in [1.54, 1.807) is 12.4 Å². The average Bonchev–Trinajstić information content (AvgIpc) is 3.01. The molecule has 138 valence electrons. The second-order valence-corrected chi connectivity index (χ2v) is 7.19. The zero-order chi connectivity index (χ0) is 18.1. The molecule has 0 spiro atoms. The molecule has 1 atom stereocenters. The third-order valence-corrected chi connectivity index (χ3v) is 5.35. The predicted octanol–water partition coefficient (Wildman–Crippen LogP) is -2.74. The number of pyridine rings is 1. The summed E-state index contributed by atoms with van der Waals surface area (Å²) in [7, 11) is 0. The van der Waals surface area contributed by atoms with E-state index in [4.69, 9.17) is 0 Å². The van der Waals surface area contributed by atoms with Gasteiger partial charge in [0.2, 0.25) is 0 Å². The summed E-state index contributed by atoms with van der Waals surface area (Å²) < 4.78 is 1.42. The fourth-order valence-electron chi connectivity index (χ4n) is 4.13. The molecule has 0 bridgehead atoms. The van der Waals surface area contributed by atoms with Crippen molar-refractivity contribution in [1.29, 1.82) is 0 Å². The number of aliphatic hydroxyl groups excluding tert-OH is 1. The maximum absolute atomic E-state index is 11.8. The zero-order valence-electron chi connectivity index (χ0n) is 15.7. The number of carboxylic acids is 1. The van der Waals surface area contributed by atoms with E-state index in [1.165, 1.54) is 11.1 Å². The van der Waals surface area contributed by atoms with Gasteiger partial charge in [0.1, 0.15) is 0 Å². The minimum absolute atomic E-state index is 0. The molecule has 0 aromatic carbocycles. The predicted molar refractivity (Wildman–Crippen MR) is 93.5 cm³/mol. The number of hydrogen-bond acceptors (Lipinski definition) is 6. The van der Waals surface area contributed by atoms with Crippen LogP contribution in [0.1, 0.15) is 40.9 Å². The summed E-state index contributed by atoms with van der Waals surface area (Å²) >= 11 is 0. The van der Waals surface area contributed by atoms with Gasteiger partial charge in [-0.05, 0) is 50.4 Å². The number of aromatic carboxylic acids is 1. The van der Waals surface area contributed by atoms with Crippen LogP contribution in [0, 0.1) is 0 Å². The van der Waals surface area contributed by atoms with Crippen molar-refractivity contribution in [2.45, 2.75) is 44.8 Å². The van der Waals surface area contributed by atoms with Crippen LogP contribution in [0.3, 0.4) is 0 Å². The van der Waals surface area contributed by atoms with Crippen molar-refractivity contribution < 1.29 is 33.9 Å². The summed E-state index contributed by atoms with van der Waals surface area (Å²) in [5, 5.41) is 26.8. The van der Waals surface area contributed by atoms with E-state index in [0.29, 0.717) is 24.2 Å². The monoisotopic (exact) mass is 362 g/mol. The molecule has 1 saturated heterocycles. The molecule has 1 N–H and O–H groups in total. The van der Waals surface area contributed by atoms with Crippen molar-refractivity contribution in [2.24, 2.45) is 0 Å². The number of carbonyl (C=O) groups excluding carboxylic acids is 1. The van der Waals surface area contributed by atoms with Gasteiger partial charge in [0, 0.05) is 30.1 Å². The Kier molecular flexibility index (Phi) is 6.38. The van der Waals surface area contributed by atoms with Gasteiger partial charge in [-0.3, -0.25) is 9.67 Å². The van der Waals surface area contributed by atoms with Crippen molar-refractivity contribution in [3.63, 3.8) is 0 Å². The van der Waals surface area contributed by atoms with E-state index in [0.717, 1.165) is 43.5 Å². The molecule has 0 saturated carbocycles. The molecule has 2 aliphatic rings. The summed E-state index contributed by atoms with van der Waals surface area (Å²) in [6.07, 6.45) is 7.71. The maximum atomic E-state index is 11.8. The first kappa shape index (κ1) is 20.1. The molecule has 1 fully saturated rings. The Morgan fingerprint density at radius 2 is 2.00 bits per heavy atom. The molecule has 7 nitrogen and oxygen atoms in total. The van der Waals surface area contributed by atoms with E-state index in [2.05, 4.69) is 15.0 Å². The second kappa shape index (κ2) is 8.57. The van der Waals surface area contributed by atoms with Crippen molar-refractivity contribution in [2.75, 3.05) is 19.6 Å². The fourth-order valence-corrected chi connectivity index (χ4v) is 4.13. The number of carbonyl (C=O) groups is 1. The van der Waals surface area contributed by atoms with E-state index in [9.17, 15) is 15.0 Å². The topological polar surface area (TPSA) is 94.3 Å². The number of hydrogen-bond donors (Lipinski definition) is 1. The zero-order valence-corrected chi connectivity index (χ0v) is 15.7. The number of piperidine rings is 1. The molecule has 8 heteroatoms. The Morgan fingerprint density at radius 3 is 2.74 bits per heavy atom. The molecule has 0 radical (unpaired) electrons. The number of aryl methyl sites for hydroxylation is 1. The van der Waals surface area contributed by atoms with Crippen LogP contribution in [0.25, 0.3) is 11.3 Å². The van der Waals surface area contributed by atoms with Crippen LogP contribution in [0.2, 0.25) is 0 Å². The minimum atomic E-state index is -1.23. The second-order valence-electron chi connectivity index (χ2n) is 7.19. The average molecular weight is 362 g/mol. The SMILES string of the molecule is O=C([O-])c1c2c(nn1CC(O)CN1CCCCC1)-c1ccncc1CC2.[Li+]. The van der Waals surface area contributed by atoms with E-state index in [1.807, 2.05) is 6.07 Å². The van der Waals surface area contributed by atoms with Crippen LogP contribution in [-0.4, -0.2) is 56.5 Å². The molecule has 2 aromatic heterocycles. The molecule has 1 unspecified atom stereocenters. The standard InChI is InChI=1S/C19H24N4O3.Li/c24-14(11-22-8-2-1-3-9-22)12-23-18(19(25)26)16-5-4-13-10-20-7-6-15(13)17(16)21-23;/h6-7,10,14,24H,1-5,8-9,11-12H2,(H,25,26);/q;+1/p-1. The van der Waals surface area contributed by atoms with Crippen molar-refractivity contribution >= 4 is 5.97 Å². The van der Waals surface area contributed by atoms with Gasteiger partial charge in [0.05, 0.1) is 30.0 Å². The number of aromatic nitrogens is 3. The Bertz CT molecular complexity index is 817. The van der Waals surface area contributed by atoms with Crippen molar-refractivity contribution in [3.8, 4) is 11.3 Å². The van der Waals surface area contributed by atoms with Crippen molar-refractivity contribution in [3.05, 3.63) is 35.3 Å². The molecular formula is C19H23LiN4O3. The number of nitrogens with zero attached hydrogens (tertiary/aromatic N) is 4. The molecule has 27 heavy (non-hydrogen) atoms. The van der Waals surface area contributed by atoms with Gasteiger partial charge in [-0.25, -0.2) is 0 Å². The normalized spacial score (nSPS) is 17.5. The first-order chi connectivity index (χ1) is 12.6. The molecule has 1 aliphatic heterocycles. The summed E-state index contributed by atoms with van der Waals surface area (Å²) in [4.78, 5) is 18.1. The van der Waals surface area contributed by atoms with E-state index in [-0.39, 0.29) is 31.1 Å². The maximum Gasteiger partial charge on any atom is 1.00 e. The van der Waals surface area contributed by atoms with Crippen LogP contribution < -0.4 is 24.0 Å². The number of carboxylic acid groups (broad SMARTS) is 1. The smallest absolute Gasteiger partial charge is 0.543 e. The third-order valence-electron chi connectivity index (χ3n) is 5.35. The van der Waals surface area contributed by atoms with Crippen LogP contribution in [0.4, 0.5) is 0 Å². The number of β-amino-alcohol motifs (C(OH)–C–C–N with tert-alkyl or cyclic N) is 1. The largest absolute Gasteiger partial charge is 1.00 e. The van der Waals surface area contributed by atoms with Gasteiger partial charge in [-0.1, -0.05) is 6.42 Å². The number of aliphatic hydroxyl groups is 1. The summed E-state index contributed by atoms with van der Waals surface area (Å²) in [6.45, 7) is 2.67. The number of fused-ring (bicyclic) bond motifs is 3. The van der Waals surface area contributed by atoms with Gasteiger partial charge in [-0.15, -0.1) is 0 Å². The Labute approximate surface area is 170 Å². The molecule has 1 aliphatic carbocycles. The van der Waals surface area contributed by atoms with Gasteiger partial charge in [0.15, 0.2) is 0 Å². The van der Waals surface area contributed by atoms with Crippen LogP contribution in [0.15, 0.2) is 18.5 Å². The van der Waals surface area contributed by atoms with Gasteiger partial charge in [-0.2, -0.15) is 5.10 Å². The van der Waals surface area contributed by atoms with Gasteiger partial charge >= 0.3 is 18.9 Å². The van der Waals surface area contributed by atoms with Gasteiger partial charge in [0.25, 0.3) is 0 Å². The Hall–Kier alpha value is -1.65. The quantitative estimate of drug-likeness (QED) is 0.580. The first-order valence-electron chi connectivity index (χ1n) is 9.28. The molecule has 4 rings (SSSR count). The van der Waals surface area contributed by atoms with Gasteiger partial charge < -0.3 is 19.9 Å². The summed E-state index contributed by atoms with van der Waals surface area (Å²) in [5.74, 6) is -1.23. The molecule has 2 aromatic rings. The molecule has 3 heterocycles. The van der Waals surface area contributed by atoms with Crippen LogP contribution in [0.5, 0.6) is 0 Å². The summed E-state index contributed by atoms with van der Waals surface area (Å²) in [6, 6.07) is 1.87. The Balaban J connectivity index is 0.00000210. The minimum Gasteiger partial charge on any atom is -0.543 e. The van der Waals surface area contributed by atoms with E-state index < -0.39 is 12.1 Å². The Morgan fingerprint density at radius 1 is 1.22 bits per heavy atom. The molecule has 0 amide bonds. The molecular weight excluding hydrogens is 339 g/mol. The number of likely N-dealkylation sites (tertiary alicyclic amines) is 1. The van der Waals surface area contributed by atoms with Crippen LogP contribution >= 0.6 is 0 Å². The summed E-state index contributed by atoms with van der Waals surface area (Å²) in [5.41, 5.74) is 3.48. The van der Waals surface area contributed by atoms with Crippen LogP contribution in [-0.2, 0) is 19.4 Å². The number of rotatable bonds is 5. The fraction of sp³-hybridized carbons (Fsp3) is 0.526. The third kappa shape index (κ3) is 4.12.